The second-order valence-electron chi connectivity index (χ2n) is 4.87. The van der Waals surface area contributed by atoms with Crippen LogP contribution < -0.4 is 5.32 Å². The van der Waals surface area contributed by atoms with E-state index < -0.39 is 9.84 Å². The smallest absolute Gasteiger partial charge is 0.154 e. The van der Waals surface area contributed by atoms with Crippen LogP contribution in [0.4, 0.5) is 0 Å². The third-order valence-electron chi connectivity index (χ3n) is 3.70. The molecule has 2 fully saturated rings. The Morgan fingerprint density at radius 3 is 2.33 bits per heavy atom. The molecule has 1 heterocycles. The molecule has 0 spiro atoms. The van der Waals surface area contributed by atoms with E-state index in [9.17, 15) is 8.42 Å². The summed E-state index contributed by atoms with van der Waals surface area (Å²) in [5.74, 6) is 0.407. The molecule has 1 saturated heterocycles. The molecule has 1 N–H and O–H groups in total. The van der Waals surface area contributed by atoms with Gasteiger partial charge in [-0.3, -0.25) is 0 Å². The summed E-state index contributed by atoms with van der Waals surface area (Å²) < 4.78 is 23.5. The van der Waals surface area contributed by atoms with Crippen molar-refractivity contribution in [2.75, 3.05) is 12.3 Å². The molecule has 0 aromatic rings. The molecule has 2 aliphatic rings. The summed E-state index contributed by atoms with van der Waals surface area (Å²) in [6.07, 6.45) is 7.87. The molecular weight excluding hydrogens is 210 g/mol. The van der Waals surface area contributed by atoms with Gasteiger partial charge in [-0.05, 0) is 25.7 Å². The molecule has 15 heavy (non-hydrogen) atoms. The molecule has 1 unspecified atom stereocenters. The van der Waals surface area contributed by atoms with E-state index in [2.05, 4.69) is 5.32 Å². The van der Waals surface area contributed by atoms with Crippen molar-refractivity contribution in [3.8, 4) is 0 Å². The topological polar surface area (TPSA) is 46.2 Å². The van der Waals surface area contributed by atoms with Crippen molar-refractivity contribution in [1.29, 1.82) is 0 Å². The SMILES string of the molecule is O=S1(=O)CCCCC1CNC1CCCC1. The highest BCUT2D eigenvalue weighted by Gasteiger charge is 2.29. The standard InChI is InChI=1S/C11H21NO2S/c13-15(14)8-4-3-7-11(15)9-12-10-5-1-2-6-10/h10-12H,1-9H2. The maximum absolute atomic E-state index is 11.7. The monoisotopic (exact) mass is 231 g/mol. The lowest BCUT2D eigenvalue weighted by Gasteiger charge is -2.24. The number of sulfone groups is 1. The first-order valence-electron chi connectivity index (χ1n) is 6.13. The minimum Gasteiger partial charge on any atom is -0.313 e. The largest absolute Gasteiger partial charge is 0.313 e. The summed E-state index contributed by atoms with van der Waals surface area (Å²) in [4.78, 5) is 0. The molecule has 1 saturated carbocycles. The van der Waals surface area contributed by atoms with Gasteiger partial charge in [-0.2, -0.15) is 0 Å². The molecule has 1 atom stereocenters. The average molecular weight is 231 g/mol. The van der Waals surface area contributed by atoms with E-state index in [1.54, 1.807) is 0 Å². The van der Waals surface area contributed by atoms with Gasteiger partial charge in [0, 0.05) is 12.6 Å². The first kappa shape index (κ1) is 11.4. The fourth-order valence-electron chi connectivity index (χ4n) is 2.68. The maximum atomic E-state index is 11.7. The first-order chi connectivity index (χ1) is 7.18. The van der Waals surface area contributed by atoms with E-state index >= 15 is 0 Å². The van der Waals surface area contributed by atoms with Crippen LogP contribution >= 0.6 is 0 Å². The van der Waals surface area contributed by atoms with Crippen molar-refractivity contribution in [2.45, 2.75) is 56.2 Å². The normalized spacial score (nSPS) is 31.9. The molecule has 1 aliphatic heterocycles. The van der Waals surface area contributed by atoms with E-state index in [0.717, 1.165) is 19.3 Å². The van der Waals surface area contributed by atoms with Gasteiger partial charge in [-0.15, -0.1) is 0 Å². The number of hydrogen-bond acceptors (Lipinski definition) is 3. The van der Waals surface area contributed by atoms with Crippen LogP contribution in [-0.4, -0.2) is 32.0 Å². The summed E-state index contributed by atoms with van der Waals surface area (Å²) in [5.41, 5.74) is 0. The minimum atomic E-state index is -2.78. The number of nitrogens with one attached hydrogen (secondary N) is 1. The molecule has 0 bridgehead atoms. The fourth-order valence-corrected chi connectivity index (χ4v) is 4.49. The van der Waals surface area contributed by atoms with Crippen molar-refractivity contribution in [2.24, 2.45) is 0 Å². The predicted molar refractivity (Wildman–Crippen MR) is 61.7 cm³/mol. The van der Waals surface area contributed by atoms with Gasteiger partial charge in [0.2, 0.25) is 0 Å². The van der Waals surface area contributed by atoms with Crippen LogP contribution in [-0.2, 0) is 9.84 Å². The highest BCUT2D eigenvalue weighted by atomic mass is 32.2. The van der Waals surface area contributed by atoms with E-state index in [0.29, 0.717) is 18.3 Å². The zero-order valence-corrected chi connectivity index (χ0v) is 10.1. The Balaban J connectivity index is 1.82. The lowest BCUT2D eigenvalue weighted by Crippen LogP contribution is -2.40. The molecular formula is C11H21NO2S. The minimum absolute atomic E-state index is 0.105. The van der Waals surface area contributed by atoms with Crippen LogP contribution in [0.2, 0.25) is 0 Å². The van der Waals surface area contributed by atoms with E-state index in [1.165, 1.54) is 25.7 Å². The summed E-state index contributed by atoms with van der Waals surface area (Å²) in [7, 11) is -2.78. The Labute approximate surface area is 92.6 Å². The maximum Gasteiger partial charge on any atom is 0.154 e. The van der Waals surface area contributed by atoms with Crippen molar-refractivity contribution in [3.05, 3.63) is 0 Å². The second kappa shape index (κ2) is 4.83. The van der Waals surface area contributed by atoms with Crippen molar-refractivity contribution >= 4 is 9.84 Å². The molecule has 0 aromatic heterocycles. The summed E-state index contributed by atoms with van der Waals surface area (Å²) in [6.45, 7) is 0.688. The lowest BCUT2D eigenvalue weighted by molar-refractivity contribution is 0.479. The van der Waals surface area contributed by atoms with Crippen LogP contribution in [0.5, 0.6) is 0 Å². The fraction of sp³-hybridized carbons (Fsp3) is 1.00. The summed E-state index contributed by atoms with van der Waals surface area (Å²) >= 11 is 0. The van der Waals surface area contributed by atoms with Gasteiger partial charge in [-0.25, -0.2) is 8.42 Å². The van der Waals surface area contributed by atoms with Crippen LogP contribution in [0, 0.1) is 0 Å². The van der Waals surface area contributed by atoms with Crippen LogP contribution in [0.15, 0.2) is 0 Å². The molecule has 0 amide bonds. The molecule has 1 aliphatic carbocycles. The highest BCUT2D eigenvalue weighted by Crippen LogP contribution is 2.21. The van der Waals surface area contributed by atoms with Crippen molar-refractivity contribution in [3.63, 3.8) is 0 Å². The van der Waals surface area contributed by atoms with Crippen LogP contribution in [0.1, 0.15) is 44.9 Å². The van der Waals surface area contributed by atoms with Gasteiger partial charge in [0.15, 0.2) is 9.84 Å². The molecule has 2 rings (SSSR count). The lowest BCUT2D eigenvalue weighted by atomic mass is 10.1. The first-order valence-corrected chi connectivity index (χ1v) is 7.85. The Kier molecular flexibility index (Phi) is 3.67. The zero-order chi connectivity index (χ0) is 10.7. The van der Waals surface area contributed by atoms with Gasteiger partial charge in [0.25, 0.3) is 0 Å². The Morgan fingerprint density at radius 1 is 1.00 bits per heavy atom. The van der Waals surface area contributed by atoms with Gasteiger partial charge < -0.3 is 5.32 Å². The molecule has 0 radical (unpaired) electrons. The number of rotatable bonds is 3. The van der Waals surface area contributed by atoms with E-state index in [-0.39, 0.29) is 5.25 Å². The Hall–Kier alpha value is -0.0900. The summed E-state index contributed by atoms with van der Waals surface area (Å²) in [5, 5.41) is 3.32. The highest BCUT2D eigenvalue weighted by molar-refractivity contribution is 7.92. The summed E-state index contributed by atoms with van der Waals surface area (Å²) in [6, 6.07) is 0.585. The Morgan fingerprint density at radius 2 is 1.67 bits per heavy atom. The Bertz CT molecular complexity index is 294. The zero-order valence-electron chi connectivity index (χ0n) is 9.24. The van der Waals surface area contributed by atoms with Crippen molar-refractivity contribution in [1.82, 2.24) is 5.32 Å². The molecule has 88 valence electrons. The van der Waals surface area contributed by atoms with Gasteiger partial charge in [0.1, 0.15) is 0 Å². The van der Waals surface area contributed by atoms with Gasteiger partial charge in [0.05, 0.1) is 11.0 Å². The predicted octanol–water partition coefficient (Wildman–Crippen LogP) is 1.49. The third kappa shape index (κ3) is 2.94. The average Bonchev–Trinajstić information content (AvgIpc) is 2.68. The van der Waals surface area contributed by atoms with Crippen LogP contribution in [0.3, 0.4) is 0 Å². The van der Waals surface area contributed by atoms with Gasteiger partial charge >= 0.3 is 0 Å². The van der Waals surface area contributed by atoms with Gasteiger partial charge in [-0.1, -0.05) is 19.3 Å². The van der Waals surface area contributed by atoms with E-state index in [4.69, 9.17) is 0 Å². The number of hydrogen-bond donors (Lipinski definition) is 1. The molecule has 4 heteroatoms. The quantitative estimate of drug-likeness (QED) is 0.800. The van der Waals surface area contributed by atoms with Crippen molar-refractivity contribution < 1.29 is 8.42 Å². The third-order valence-corrected chi connectivity index (χ3v) is 5.98. The van der Waals surface area contributed by atoms with Crippen LogP contribution in [0.25, 0.3) is 0 Å². The molecule has 3 nitrogen and oxygen atoms in total. The second-order valence-corrected chi connectivity index (χ2v) is 7.28. The molecule has 0 aromatic carbocycles. The van der Waals surface area contributed by atoms with E-state index in [1.807, 2.05) is 0 Å².